The number of nitrogens with zero attached hydrogens (tertiary/aromatic N) is 3. The van der Waals surface area contributed by atoms with Crippen LogP contribution in [0.4, 0.5) is 0 Å². The summed E-state index contributed by atoms with van der Waals surface area (Å²) in [6.45, 7) is 1.89. The molecule has 0 saturated heterocycles. The van der Waals surface area contributed by atoms with E-state index in [1.807, 2.05) is 19.1 Å². The second-order valence-corrected chi connectivity index (χ2v) is 4.37. The molecule has 0 aliphatic heterocycles. The van der Waals surface area contributed by atoms with Crippen molar-refractivity contribution in [3.8, 4) is 17.5 Å². The van der Waals surface area contributed by atoms with Crippen molar-refractivity contribution in [2.24, 2.45) is 0 Å². The number of aromatic nitrogens is 2. The number of aryl methyl sites for hydroxylation is 1. The molecule has 17 heavy (non-hydrogen) atoms. The molecule has 0 spiro atoms. The zero-order valence-electron chi connectivity index (χ0n) is 9.47. The van der Waals surface area contributed by atoms with Crippen LogP contribution in [0.1, 0.15) is 24.4 Å². The Labute approximate surface area is 98.9 Å². The van der Waals surface area contributed by atoms with E-state index in [-0.39, 0.29) is 0 Å². The van der Waals surface area contributed by atoms with Crippen molar-refractivity contribution in [2.45, 2.75) is 25.2 Å². The fourth-order valence-corrected chi connectivity index (χ4v) is 1.81. The van der Waals surface area contributed by atoms with Gasteiger partial charge in [0.25, 0.3) is 0 Å². The second kappa shape index (κ2) is 3.42. The highest BCUT2D eigenvalue weighted by molar-refractivity contribution is 5.52. The molecule has 0 aromatic carbocycles. The molecule has 4 heteroatoms. The van der Waals surface area contributed by atoms with Crippen LogP contribution >= 0.6 is 0 Å². The summed E-state index contributed by atoms with van der Waals surface area (Å²) in [5.41, 5.74) is 0.294. The lowest BCUT2D eigenvalue weighted by molar-refractivity contribution is 0.545. The van der Waals surface area contributed by atoms with E-state index in [2.05, 4.69) is 16.0 Å². The zero-order chi connectivity index (χ0) is 11.9. The summed E-state index contributed by atoms with van der Waals surface area (Å²) >= 11 is 0. The van der Waals surface area contributed by atoms with Gasteiger partial charge in [0.05, 0.1) is 6.07 Å². The Hall–Kier alpha value is -2.15. The summed E-state index contributed by atoms with van der Waals surface area (Å²) in [5, 5.41) is 9.12. The maximum Gasteiger partial charge on any atom is 0.152 e. The lowest BCUT2D eigenvalue weighted by atomic mass is 10.1. The van der Waals surface area contributed by atoms with Gasteiger partial charge in [0.15, 0.2) is 5.76 Å². The summed E-state index contributed by atoms with van der Waals surface area (Å²) in [4.78, 5) is 8.64. The molecular formula is C13H11N3O. The highest BCUT2D eigenvalue weighted by atomic mass is 16.3. The molecule has 1 saturated carbocycles. The number of nitriles is 1. The number of hydrogen-bond donors (Lipinski definition) is 0. The second-order valence-electron chi connectivity index (χ2n) is 4.37. The minimum Gasteiger partial charge on any atom is -0.460 e. The lowest BCUT2D eigenvalue weighted by Crippen LogP contribution is -2.08. The minimum atomic E-state index is -0.447. The van der Waals surface area contributed by atoms with Crippen molar-refractivity contribution >= 4 is 0 Å². The third-order valence-electron chi connectivity index (χ3n) is 3.04. The van der Waals surface area contributed by atoms with Crippen LogP contribution in [-0.2, 0) is 5.41 Å². The van der Waals surface area contributed by atoms with Crippen LogP contribution in [0.15, 0.2) is 28.8 Å². The average Bonchev–Trinajstić information content (AvgIpc) is 3.06. The van der Waals surface area contributed by atoms with Crippen LogP contribution < -0.4 is 0 Å². The van der Waals surface area contributed by atoms with Crippen molar-refractivity contribution in [1.82, 2.24) is 9.97 Å². The van der Waals surface area contributed by atoms with Gasteiger partial charge in [-0.25, -0.2) is 9.97 Å². The maximum atomic E-state index is 9.12. The van der Waals surface area contributed by atoms with Gasteiger partial charge in [0, 0.05) is 6.20 Å². The standard InChI is InChI=1S/C13H11N3O/c1-9-2-3-11(17-9)10-4-7-15-12(16-10)13(8-14)5-6-13/h2-4,7H,5-6H2,1H3. The molecule has 84 valence electrons. The Kier molecular flexibility index (Phi) is 2.02. The highest BCUT2D eigenvalue weighted by Crippen LogP contribution is 2.46. The lowest BCUT2D eigenvalue weighted by Gasteiger charge is -2.04. The van der Waals surface area contributed by atoms with Crippen LogP contribution in [-0.4, -0.2) is 9.97 Å². The molecule has 0 N–H and O–H groups in total. The van der Waals surface area contributed by atoms with Gasteiger partial charge >= 0.3 is 0 Å². The Morgan fingerprint density at radius 3 is 2.76 bits per heavy atom. The molecule has 0 amide bonds. The fourth-order valence-electron chi connectivity index (χ4n) is 1.81. The Morgan fingerprint density at radius 1 is 1.35 bits per heavy atom. The Bertz CT molecular complexity index is 605. The molecule has 3 rings (SSSR count). The van der Waals surface area contributed by atoms with Crippen LogP contribution in [0.25, 0.3) is 11.5 Å². The largest absolute Gasteiger partial charge is 0.460 e. The fraction of sp³-hybridized carbons (Fsp3) is 0.308. The number of rotatable bonds is 2. The van der Waals surface area contributed by atoms with Crippen molar-refractivity contribution in [1.29, 1.82) is 5.26 Å². The molecular weight excluding hydrogens is 214 g/mol. The quantitative estimate of drug-likeness (QED) is 0.788. The third-order valence-corrected chi connectivity index (χ3v) is 3.04. The van der Waals surface area contributed by atoms with E-state index in [1.54, 1.807) is 12.3 Å². The van der Waals surface area contributed by atoms with Crippen molar-refractivity contribution in [3.05, 3.63) is 36.0 Å². The first-order chi connectivity index (χ1) is 8.23. The van der Waals surface area contributed by atoms with Gasteiger partial charge in [0.2, 0.25) is 0 Å². The van der Waals surface area contributed by atoms with Gasteiger partial charge < -0.3 is 4.42 Å². The molecule has 2 heterocycles. The van der Waals surface area contributed by atoms with Gasteiger partial charge in [-0.2, -0.15) is 5.26 Å². The average molecular weight is 225 g/mol. The van der Waals surface area contributed by atoms with Crippen LogP contribution in [0.2, 0.25) is 0 Å². The van der Waals surface area contributed by atoms with E-state index in [0.29, 0.717) is 5.82 Å². The van der Waals surface area contributed by atoms with Gasteiger partial charge in [-0.05, 0) is 38.0 Å². The van der Waals surface area contributed by atoms with E-state index >= 15 is 0 Å². The monoisotopic (exact) mass is 225 g/mol. The predicted molar refractivity (Wildman–Crippen MR) is 61.0 cm³/mol. The summed E-state index contributed by atoms with van der Waals surface area (Å²) in [6.07, 6.45) is 3.39. The zero-order valence-corrected chi connectivity index (χ0v) is 9.47. The first-order valence-corrected chi connectivity index (χ1v) is 5.55. The smallest absolute Gasteiger partial charge is 0.152 e. The highest BCUT2D eigenvalue weighted by Gasteiger charge is 2.48. The first-order valence-electron chi connectivity index (χ1n) is 5.55. The molecule has 0 unspecified atom stereocenters. The Morgan fingerprint density at radius 2 is 2.18 bits per heavy atom. The van der Waals surface area contributed by atoms with Crippen LogP contribution in [0.5, 0.6) is 0 Å². The molecule has 1 aliphatic carbocycles. The maximum absolute atomic E-state index is 9.12. The molecule has 2 aromatic rings. The first kappa shape index (κ1) is 10.0. The number of furan rings is 1. The summed E-state index contributed by atoms with van der Waals surface area (Å²) in [6, 6.07) is 7.88. The molecule has 4 nitrogen and oxygen atoms in total. The molecule has 2 aromatic heterocycles. The van der Waals surface area contributed by atoms with E-state index in [9.17, 15) is 0 Å². The van der Waals surface area contributed by atoms with Gasteiger partial charge in [-0.1, -0.05) is 0 Å². The summed E-state index contributed by atoms with van der Waals surface area (Å²) in [5.74, 6) is 2.19. The molecule has 0 bridgehead atoms. The van der Waals surface area contributed by atoms with E-state index in [4.69, 9.17) is 9.68 Å². The normalized spacial score (nSPS) is 16.5. The van der Waals surface area contributed by atoms with Crippen molar-refractivity contribution < 1.29 is 4.42 Å². The van der Waals surface area contributed by atoms with Crippen molar-refractivity contribution in [3.63, 3.8) is 0 Å². The van der Waals surface area contributed by atoms with E-state index in [1.165, 1.54) is 0 Å². The SMILES string of the molecule is Cc1ccc(-c2ccnc(C3(C#N)CC3)n2)o1. The third kappa shape index (κ3) is 1.60. The molecule has 1 fully saturated rings. The van der Waals surface area contributed by atoms with Gasteiger partial charge in [-0.15, -0.1) is 0 Å². The molecule has 0 atom stereocenters. The summed E-state index contributed by atoms with van der Waals surface area (Å²) < 4.78 is 5.52. The molecule has 0 radical (unpaired) electrons. The summed E-state index contributed by atoms with van der Waals surface area (Å²) in [7, 11) is 0. The Balaban J connectivity index is 2.03. The minimum absolute atomic E-state index is 0.447. The predicted octanol–water partition coefficient (Wildman–Crippen LogP) is 2.60. The van der Waals surface area contributed by atoms with E-state index in [0.717, 1.165) is 30.1 Å². The molecule has 1 aliphatic rings. The van der Waals surface area contributed by atoms with Gasteiger partial charge in [-0.3, -0.25) is 0 Å². The van der Waals surface area contributed by atoms with Crippen LogP contribution in [0, 0.1) is 18.3 Å². The topological polar surface area (TPSA) is 62.7 Å². The van der Waals surface area contributed by atoms with Crippen molar-refractivity contribution in [2.75, 3.05) is 0 Å². The number of hydrogen-bond acceptors (Lipinski definition) is 4. The van der Waals surface area contributed by atoms with Gasteiger partial charge in [0.1, 0.15) is 22.7 Å². The van der Waals surface area contributed by atoms with Crippen LogP contribution in [0.3, 0.4) is 0 Å². The van der Waals surface area contributed by atoms with E-state index < -0.39 is 5.41 Å².